The number of carbonyl (C=O) groups is 1. The number of methoxy groups -OCH3 is 1. The van der Waals surface area contributed by atoms with Gasteiger partial charge in [-0.2, -0.15) is 0 Å². The lowest BCUT2D eigenvalue weighted by atomic mass is 9.86. The molecular weight excluding hydrogens is 280 g/mol. The van der Waals surface area contributed by atoms with E-state index in [1.54, 1.807) is 7.11 Å². The fraction of sp³-hybridized carbons (Fsp3) is 0.294. The van der Waals surface area contributed by atoms with Crippen LogP contribution in [-0.4, -0.2) is 28.2 Å². The van der Waals surface area contributed by atoms with Gasteiger partial charge in [-0.1, -0.05) is 12.1 Å². The molecule has 4 rings (SSSR count). The minimum atomic E-state index is -0.712. The highest BCUT2D eigenvalue weighted by molar-refractivity contribution is 6.08. The number of hydrogen-bond acceptors (Lipinski definition) is 3. The van der Waals surface area contributed by atoms with E-state index < -0.39 is 5.97 Å². The zero-order valence-electron chi connectivity index (χ0n) is 12.2. The summed E-state index contributed by atoms with van der Waals surface area (Å²) >= 11 is 0. The Morgan fingerprint density at radius 2 is 2.32 bits per heavy atom. The summed E-state index contributed by atoms with van der Waals surface area (Å²) in [6.45, 7) is 0. The molecule has 1 aromatic carbocycles. The van der Waals surface area contributed by atoms with E-state index >= 15 is 0 Å². The second-order valence-electron chi connectivity index (χ2n) is 5.76. The Balaban J connectivity index is 2.02. The number of carboxylic acid groups (broad SMARTS) is 1. The zero-order valence-corrected chi connectivity index (χ0v) is 12.2. The molecule has 2 aromatic heterocycles. The van der Waals surface area contributed by atoms with Crippen LogP contribution in [0, 0.1) is 5.92 Å². The van der Waals surface area contributed by atoms with Crippen molar-refractivity contribution in [2.45, 2.75) is 19.3 Å². The van der Waals surface area contributed by atoms with Crippen LogP contribution in [-0.2, 0) is 17.6 Å². The van der Waals surface area contributed by atoms with E-state index in [4.69, 9.17) is 4.74 Å². The number of nitrogens with one attached hydrogen (secondary N) is 1. The van der Waals surface area contributed by atoms with Crippen LogP contribution >= 0.6 is 0 Å². The molecule has 0 fully saturated rings. The van der Waals surface area contributed by atoms with Crippen molar-refractivity contribution in [2.75, 3.05) is 7.11 Å². The van der Waals surface area contributed by atoms with Crippen molar-refractivity contribution in [3.8, 4) is 5.75 Å². The van der Waals surface area contributed by atoms with Crippen LogP contribution in [0.5, 0.6) is 5.75 Å². The molecule has 0 saturated carbocycles. The number of benzene rings is 1. The number of pyridine rings is 1. The summed E-state index contributed by atoms with van der Waals surface area (Å²) in [6.07, 6.45) is 3.84. The van der Waals surface area contributed by atoms with Gasteiger partial charge in [-0.3, -0.25) is 9.78 Å². The highest BCUT2D eigenvalue weighted by Crippen LogP contribution is 2.37. The Labute approximate surface area is 126 Å². The third-order valence-corrected chi connectivity index (χ3v) is 4.57. The first kappa shape index (κ1) is 13.1. The molecule has 1 aliphatic rings. The number of rotatable bonds is 2. The largest absolute Gasteiger partial charge is 0.494 e. The molecule has 1 aliphatic carbocycles. The SMILES string of the molecule is COc1cccc2c1ncc1[nH]c3c(c12)CC(C(=O)O)CC3. The number of H-pyrrole nitrogens is 1. The van der Waals surface area contributed by atoms with Gasteiger partial charge in [0.2, 0.25) is 0 Å². The van der Waals surface area contributed by atoms with Crippen molar-refractivity contribution < 1.29 is 14.6 Å². The topological polar surface area (TPSA) is 75.2 Å². The summed E-state index contributed by atoms with van der Waals surface area (Å²) in [7, 11) is 1.63. The molecule has 5 nitrogen and oxygen atoms in total. The first-order chi connectivity index (χ1) is 10.7. The third kappa shape index (κ3) is 1.78. The van der Waals surface area contributed by atoms with Gasteiger partial charge in [0, 0.05) is 16.5 Å². The molecule has 0 saturated heterocycles. The van der Waals surface area contributed by atoms with E-state index in [0.29, 0.717) is 12.8 Å². The maximum absolute atomic E-state index is 11.3. The molecule has 0 bridgehead atoms. The van der Waals surface area contributed by atoms with E-state index in [0.717, 1.165) is 45.2 Å². The van der Waals surface area contributed by atoms with E-state index in [1.807, 2.05) is 24.4 Å². The molecule has 1 unspecified atom stereocenters. The van der Waals surface area contributed by atoms with Gasteiger partial charge in [-0.15, -0.1) is 0 Å². The molecule has 1 atom stereocenters. The van der Waals surface area contributed by atoms with Crippen LogP contribution in [0.1, 0.15) is 17.7 Å². The Hall–Kier alpha value is -2.56. The van der Waals surface area contributed by atoms with Crippen LogP contribution in [0.2, 0.25) is 0 Å². The number of aromatic amines is 1. The molecule has 2 N–H and O–H groups in total. The zero-order chi connectivity index (χ0) is 15.3. The van der Waals surface area contributed by atoms with Crippen molar-refractivity contribution in [3.05, 3.63) is 35.7 Å². The normalized spacial score (nSPS) is 17.6. The predicted molar refractivity (Wildman–Crippen MR) is 83.3 cm³/mol. The number of ether oxygens (including phenoxy) is 1. The van der Waals surface area contributed by atoms with Crippen molar-refractivity contribution in [2.24, 2.45) is 5.92 Å². The molecular formula is C17H16N2O3. The van der Waals surface area contributed by atoms with Crippen molar-refractivity contribution in [1.29, 1.82) is 0 Å². The van der Waals surface area contributed by atoms with Crippen molar-refractivity contribution in [1.82, 2.24) is 9.97 Å². The van der Waals surface area contributed by atoms with Gasteiger partial charge in [0.05, 0.1) is 24.7 Å². The second-order valence-corrected chi connectivity index (χ2v) is 5.76. The molecule has 2 heterocycles. The van der Waals surface area contributed by atoms with Gasteiger partial charge < -0.3 is 14.8 Å². The fourth-order valence-corrected chi connectivity index (χ4v) is 3.49. The fourth-order valence-electron chi connectivity index (χ4n) is 3.49. The van der Waals surface area contributed by atoms with E-state index in [9.17, 15) is 9.90 Å². The molecule has 3 aromatic rings. The van der Waals surface area contributed by atoms with Gasteiger partial charge in [-0.05, 0) is 30.9 Å². The maximum Gasteiger partial charge on any atom is 0.306 e. The number of carboxylic acids is 1. The monoisotopic (exact) mass is 296 g/mol. The summed E-state index contributed by atoms with van der Waals surface area (Å²) < 4.78 is 5.39. The van der Waals surface area contributed by atoms with Crippen LogP contribution in [0.4, 0.5) is 0 Å². The number of nitrogens with zero attached hydrogens (tertiary/aromatic N) is 1. The number of para-hydroxylation sites is 1. The predicted octanol–water partition coefficient (Wildman–Crippen LogP) is 2.91. The quantitative estimate of drug-likeness (QED) is 0.762. The first-order valence-corrected chi connectivity index (χ1v) is 7.37. The van der Waals surface area contributed by atoms with Gasteiger partial charge >= 0.3 is 5.97 Å². The van der Waals surface area contributed by atoms with E-state index in [-0.39, 0.29) is 5.92 Å². The summed E-state index contributed by atoms with van der Waals surface area (Å²) in [5.74, 6) is -0.281. The third-order valence-electron chi connectivity index (χ3n) is 4.57. The van der Waals surface area contributed by atoms with Gasteiger partial charge in [0.1, 0.15) is 11.3 Å². The Morgan fingerprint density at radius 1 is 1.45 bits per heavy atom. The second kappa shape index (κ2) is 4.73. The lowest BCUT2D eigenvalue weighted by molar-refractivity contribution is -0.142. The maximum atomic E-state index is 11.3. The average molecular weight is 296 g/mol. The highest BCUT2D eigenvalue weighted by Gasteiger charge is 2.28. The van der Waals surface area contributed by atoms with E-state index in [1.165, 1.54) is 0 Å². The summed E-state index contributed by atoms with van der Waals surface area (Å²) in [4.78, 5) is 19.3. The molecule has 5 heteroatoms. The smallest absolute Gasteiger partial charge is 0.306 e. The van der Waals surface area contributed by atoms with Crippen LogP contribution < -0.4 is 4.74 Å². The number of aryl methyl sites for hydroxylation is 1. The molecule has 0 aliphatic heterocycles. The van der Waals surface area contributed by atoms with Gasteiger partial charge in [-0.25, -0.2) is 0 Å². The molecule has 22 heavy (non-hydrogen) atoms. The van der Waals surface area contributed by atoms with E-state index in [2.05, 4.69) is 9.97 Å². The van der Waals surface area contributed by atoms with Crippen LogP contribution in [0.3, 0.4) is 0 Å². The standard InChI is InChI=1S/C17H16N2O3/c1-22-14-4-2-3-10-15-11-7-9(17(20)21)5-6-12(11)19-13(15)8-18-16(10)14/h2-4,8-9,19H,5-7H2,1H3,(H,20,21). The first-order valence-electron chi connectivity index (χ1n) is 7.37. The lowest BCUT2D eigenvalue weighted by Crippen LogP contribution is -2.21. The molecule has 0 spiro atoms. The summed E-state index contributed by atoms with van der Waals surface area (Å²) in [5.41, 5.74) is 4.05. The lowest BCUT2D eigenvalue weighted by Gasteiger charge is -2.18. The number of aromatic nitrogens is 2. The Morgan fingerprint density at radius 3 is 3.09 bits per heavy atom. The minimum absolute atomic E-state index is 0.305. The van der Waals surface area contributed by atoms with Crippen LogP contribution in [0.25, 0.3) is 21.8 Å². The average Bonchev–Trinajstić information content (AvgIpc) is 2.92. The van der Waals surface area contributed by atoms with Gasteiger partial charge in [0.25, 0.3) is 0 Å². The number of fused-ring (bicyclic) bond motifs is 5. The highest BCUT2D eigenvalue weighted by atomic mass is 16.5. The van der Waals surface area contributed by atoms with Crippen LogP contribution in [0.15, 0.2) is 24.4 Å². The summed E-state index contributed by atoms with van der Waals surface area (Å²) in [6, 6.07) is 5.85. The molecule has 112 valence electrons. The van der Waals surface area contributed by atoms with Crippen molar-refractivity contribution >= 4 is 27.8 Å². The van der Waals surface area contributed by atoms with Crippen molar-refractivity contribution in [3.63, 3.8) is 0 Å². The minimum Gasteiger partial charge on any atom is -0.494 e. The number of hydrogen-bond donors (Lipinski definition) is 2. The Bertz CT molecular complexity index is 898. The van der Waals surface area contributed by atoms with Gasteiger partial charge in [0.15, 0.2) is 0 Å². The summed E-state index contributed by atoms with van der Waals surface area (Å²) in [5, 5.41) is 11.4. The molecule has 0 radical (unpaired) electrons. The molecule has 0 amide bonds. The Kier molecular flexibility index (Phi) is 2.82. The number of aliphatic carboxylic acids is 1.